The number of carbonyl (C=O) groups excluding carboxylic acids is 2. The molecule has 1 aromatic carbocycles. The summed E-state index contributed by atoms with van der Waals surface area (Å²) in [6, 6.07) is 5.70. The predicted octanol–water partition coefficient (Wildman–Crippen LogP) is 5.63. The van der Waals surface area contributed by atoms with Crippen LogP contribution in [0.5, 0.6) is 0 Å². The maximum absolute atomic E-state index is 13.6. The second kappa shape index (κ2) is 7.82. The summed E-state index contributed by atoms with van der Waals surface area (Å²) >= 11 is 6.20. The molecule has 1 N–H and O–H groups in total. The predicted molar refractivity (Wildman–Crippen MR) is 90.7 cm³/mol. The summed E-state index contributed by atoms with van der Waals surface area (Å²) in [7, 11) is 0.920. The fraction of sp³-hybridized carbons (Fsp3) is 0.250. The smallest absolute Gasteiger partial charge is 0.460 e. The molecule has 158 valence electrons. The van der Waals surface area contributed by atoms with Crippen LogP contribution < -0.4 is 5.32 Å². The molecule has 0 unspecified atom stereocenters. The van der Waals surface area contributed by atoms with Gasteiger partial charge in [-0.1, -0.05) is 23.7 Å². The van der Waals surface area contributed by atoms with E-state index in [1.165, 1.54) is 35.0 Å². The van der Waals surface area contributed by atoms with E-state index in [9.17, 15) is 40.3 Å². The molecule has 0 aliphatic heterocycles. The van der Waals surface area contributed by atoms with Crippen molar-refractivity contribution < 1.29 is 45.1 Å². The van der Waals surface area contributed by atoms with E-state index in [0.29, 0.717) is 21.9 Å². The molecule has 0 fully saturated rings. The molecule has 1 amide bonds. The lowest BCUT2D eigenvalue weighted by atomic mass is 10.0. The van der Waals surface area contributed by atoms with E-state index in [-0.39, 0.29) is 5.56 Å². The normalized spacial score (nSPS) is 12.6. The number of hydrogen-bond acceptors (Lipinski definition) is 4. The van der Waals surface area contributed by atoms with Gasteiger partial charge in [0.15, 0.2) is 0 Å². The van der Waals surface area contributed by atoms with Crippen LogP contribution in [0.4, 0.5) is 35.7 Å². The third-order valence-electron chi connectivity index (χ3n) is 3.60. The zero-order valence-electron chi connectivity index (χ0n) is 14.0. The van der Waals surface area contributed by atoms with Crippen molar-refractivity contribution in [2.75, 3.05) is 12.4 Å². The topological polar surface area (TPSA) is 55.4 Å². The standard InChI is InChI=1S/C16H9ClF7NO3S/c1-28-12(26)10-9(7-2-4-8(17)5-3-7)6-29-11(10)25-13(27)14(18,19)15(20,21)16(22,23)24/h2-6H,1H3,(H,25,27). The van der Waals surface area contributed by atoms with Gasteiger partial charge < -0.3 is 10.1 Å². The van der Waals surface area contributed by atoms with Crippen LogP contribution in [0.1, 0.15) is 10.4 Å². The van der Waals surface area contributed by atoms with Gasteiger partial charge in [-0.15, -0.1) is 11.3 Å². The Morgan fingerprint density at radius 1 is 1.03 bits per heavy atom. The zero-order valence-corrected chi connectivity index (χ0v) is 15.6. The molecule has 0 aliphatic carbocycles. The number of ether oxygens (including phenoxy) is 1. The summed E-state index contributed by atoms with van der Waals surface area (Å²) in [5.41, 5.74) is -0.127. The van der Waals surface area contributed by atoms with Crippen molar-refractivity contribution in [2.24, 2.45) is 0 Å². The van der Waals surface area contributed by atoms with Crippen LogP contribution in [0.25, 0.3) is 11.1 Å². The molecule has 4 nitrogen and oxygen atoms in total. The van der Waals surface area contributed by atoms with Crippen LogP contribution in [-0.2, 0) is 9.53 Å². The summed E-state index contributed by atoms with van der Waals surface area (Å²) in [4.78, 5) is 23.6. The van der Waals surface area contributed by atoms with Gasteiger partial charge in [0.25, 0.3) is 0 Å². The Balaban J connectivity index is 2.47. The third-order valence-corrected chi connectivity index (χ3v) is 4.75. The maximum atomic E-state index is 13.6. The minimum atomic E-state index is -6.68. The summed E-state index contributed by atoms with van der Waals surface area (Å²) in [6.07, 6.45) is -6.68. The van der Waals surface area contributed by atoms with E-state index in [4.69, 9.17) is 11.6 Å². The molecule has 0 atom stereocenters. The van der Waals surface area contributed by atoms with Crippen molar-refractivity contribution >= 4 is 39.8 Å². The lowest BCUT2D eigenvalue weighted by Crippen LogP contribution is -2.57. The highest BCUT2D eigenvalue weighted by atomic mass is 35.5. The van der Waals surface area contributed by atoms with E-state index < -0.39 is 40.5 Å². The Bertz CT molecular complexity index is 926. The fourth-order valence-electron chi connectivity index (χ4n) is 2.10. The molecule has 1 heterocycles. The van der Waals surface area contributed by atoms with Crippen LogP contribution in [-0.4, -0.2) is 37.0 Å². The third kappa shape index (κ3) is 4.17. The average Bonchev–Trinajstić information content (AvgIpc) is 3.04. The van der Waals surface area contributed by atoms with Crippen molar-refractivity contribution in [3.05, 3.63) is 40.2 Å². The Kier molecular flexibility index (Phi) is 6.19. The number of hydrogen-bond donors (Lipinski definition) is 1. The van der Waals surface area contributed by atoms with Gasteiger partial charge in [-0.2, -0.15) is 30.7 Å². The number of benzene rings is 1. The second-order valence-electron chi connectivity index (χ2n) is 5.45. The Morgan fingerprint density at radius 2 is 1.59 bits per heavy atom. The highest BCUT2D eigenvalue weighted by Crippen LogP contribution is 2.47. The van der Waals surface area contributed by atoms with E-state index in [2.05, 4.69) is 4.74 Å². The first-order valence-corrected chi connectivity index (χ1v) is 8.59. The molecule has 1 aromatic heterocycles. The minimum Gasteiger partial charge on any atom is -0.465 e. The summed E-state index contributed by atoms with van der Waals surface area (Å²) in [5.74, 6) is -16.8. The van der Waals surface area contributed by atoms with Crippen molar-refractivity contribution in [1.82, 2.24) is 0 Å². The van der Waals surface area contributed by atoms with Gasteiger partial charge in [0.2, 0.25) is 0 Å². The molecule has 0 saturated heterocycles. The Hall–Kier alpha value is -2.34. The molecule has 0 saturated carbocycles. The number of nitrogens with one attached hydrogen (secondary N) is 1. The van der Waals surface area contributed by atoms with Gasteiger partial charge >= 0.3 is 29.9 Å². The first-order valence-electron chi connectivity index (χ1n) is 7.33. The molecule has 2 rings (SSSR count). The van der Waals surface area contributed by atoms with Gasteiger partial charge in [0, 0.05) is 16.0 Å². The average molecular weight is 464 g/mol. The number of alkyl halides is 7. The highest BCUT2D eigenvalue weighted by Gasteiger charge is 2.76. The Morgan fingerprint density at radius 3 is 2.07 bits per heavy atom. The monoisotopic (exact) mass is 463 g/mol. The quantitative estimate of drug-likeness (QED) is 0.462. The number of methoxy groups -OCH3 is 1. The van der Waals surface area contributed by atoms with Crippen molar-refractivity contribution in [2.45, 2.75) is 18.0 Å². The van der Waals surface area contributed by atoms with Crippen LogP contribution >= 0.6 is 22.9 Å². The van der Waals surface area contributed by atoms with E-state index in [0.717, 1.165) is 7.11 Å². The molecule has 13 heteroatoms. The van der Waals surface area contributed by atoms with Gasteiger partial charge in [0.05, 0.1) is 7.11 Å². The second-order valence-corrected chi connectivity index (χ2v) is 6.77. The summed E-state index contributed by atoms with van der Waals surface area (Å²) in [6.45, 7) is 0. The first kappa shape index (κ1) is 22.9. The highest BCUT2D eigenvalue weighted by molar-refractivity contribution is 7.15. The van der Waals surface area contributed by atoms with Gasteiger partial charge in [-0.3, -0.25) is 4.79 Å². The molecular weight excluding hydrogens is 455 g/mol. The van der Waals surface area contributed by atoms with Crippen LogP contribution in [0.2, 0.25) is 5.02 Å². The lowest BCUT2D eigenvalue weighted by Gasteiger charge is -2.26. The fourth-order valence-corrected chi connectivity index (χ4v) is 3.18. The van der Waals surface area contributed by atoms with Crippen LogP contribution in [0.3, 0.4) is 0 Å². The molecule has 0 bridgehead atoms. The molecule has 0 radical (unpaired) electrons. The largest absolute Gasteiger partial charge is 0.465 e. The first-order chi connectivity index (χ1) is 13.2. The number of thiophene rings is 1. The number of esters is 1. The van der Waals surface area contributed by atoms with Crippen molar-refractivity contribution in [3.8, 4) is 11.1 Å². The van der Waals surface area contributed by atoms with E-state index >= 15 is 0 Å². The van der Waals surface area contributed by atoms with Crippen molar-refractivity contribution in [1.29, 1.82) is 0 Å². The van der Waals surface area contributed by atoms with Gasteiger partial charge in [-0.25, -0.2) is 4.79 Å². The number of carbonyl (C=O) groups is 2. The number of amides is 1. The molecule has 29 heavy (non-hydrogen) atoms. The van der Waals surface area contributed by atoms with Gasteiger partial charge in [0.1, 0.15) is 10.6 Å². The minimum absolute atomic E-state index is 0.0553. The SMILES string of the molecule is COC(=O)c1c(-c2ccc(Cl)cc2)csc1NC(=O)C(F)(F)C(F)(F)C(F)(F)F. The number of rotatable bonds is 5. The van der Waals surface area contributed by atoms with Crippen molar-refractivity contribution in [3.63, 3.8) is 0 Å². The van der Waals surface area contributed by atoms with E-state index in [1.54, 1.807) is 0 Å². The van der Waals surface area contributed by atoms with E-state index in [1.807, 2.05) is 0 Å². The zero-order chi connectivity index (χ0) is 22.2. The van der Waals surface area contributed by atoms with Gasteiger partial charge in [-0.05, 0) is 17.7 Å². The maximum Gasteiger partial charge on any atom is 0.460 e. The number of halogens is 8. The summed E-state index contributed by atoms with van der Waals surface area (Å²) in [5, 5.41) is 2.10. The molecule has 0 aliphatic rings. The van der Waals surface area contributed by atoms with Crippen LogP contribution in [0.15, 0.2) is 29.6 Å². The molecule has 0 spiro atoms. The Labute approximate surface area is 167 Å². The molecular formula is C16H9ClF7NO3S. The van der Waals surface area contributed by atoms with Crippen LogP contribution in [0, 0.1) is 0 Å². The summed E-state index contributed by atoms with van der Waals surface area (Å²) < 4.78 is 94.5. The number of anilines is 1. The lowest BCUT2D eigenvalue weighted by molar-refractivity contribution is -0.343. The molecule has 2 aromatic rings.